The predicted octanol–water partition coefficient (Wildman–Crippen LogP) is 1.80. The summed E-state index contributed by atoms with van der Waals surface area (Å²) >= 11 is 0. The molecule has 2 aliphatic rings. The van der Waals surface area contributed by atoms with Crippen molar-refractivity contribution >= 4 is 11.7 Å². The third kappa shape index (κ3) is 1.99. The first kappa shape index (κ1) is 11.3. The number of para-hydroxylation sites is 1. The van der Waals surface area contributed by atoms with Crippen LogP contribution >= 0.6 is 0 Å². The molecule has 1 N–H and O–H groups in total. The van der Waals surface area contributed by atoms with Crippen molar-refractivity contribution in [3.63, 3.8) is 0 Å². The number of rotatable bonds is 2. The van der Waals surface area contributed by atoms with E-state index in [0.717, 1.165) is 25.2 Å². The summed E-state index contributed by atoms with van der Waals surface area (Å²) in [5.41, 5.74) is 0.965. The van der Waals surface area contributed by atoms with Gasteiger partial charge in [0.1, 0.15) is 6.17 Å². The van der Waals surface area contributed by atoms with E-state index >= 15 is 0 Å². The fraction of sp³-hybridized carbons (Fsp3) is 0.357. The van der Waals surface area contributed by atoms with Crippen molar-refractivity contribution in [3.8, 4) is 0 Å². The fourth-order valence-electron chi connectivity index (χ4n) is 2.59. The number of hydrogen-bond acceptors (Lipinski definition) is 2. The molecule has 0 aliphatic carbocycles. The highest BCUT2D eigenvalue weighted by molar-refractivity contribution is 5.94. The fourth-order valence-corrected chi connectivity index (χ4v) is 2.59. The highest BCUT2D eigenvalue weighted by Crippen LogP contribution is 2.23. The van der Waals surface area contributed by atoms with E-state index in [1.807, 2.05) is 35.2 Å². The highest BCUT2D eigenvalue weighted by Gasteiger charge is 2.35. The third-order valence-corrected chi connectivity index (χ3v) is 3.50. The summed E-state index contributed by atoms with van der Waals surface area (Å²) in [5, 5.41) is 2.94. The smallest absolute Gasteiger partial charge is 0.323 e. The quantitative estimate of drug-likeness (QED) is 0.804. The number of anilines is 1. The lowest BCUT2D eigenvalue weighted by atomic mass is 10.2. The zero-order valence-electron chi connectivity index (χ0n) is 10.2. The minimum Gasteiger partial charge on any atom is -0.334 e. The second-order valence-electron chi connectivity index (χ2n) is 4.63. The van der Waals surface area contributed by atoms with Gasteiger partial charge >= 0.3 is 6.03 Å². The van der Waals surface area contributed by atoms with Gasteiger partial charge in [-0.25, -0.2) is 4.79 Å². The number of nitrogens with one attached hydrogen (secondary N) is 1. The topological polar surface area (TPSA) is 35.6 Å². The molecule has 0 bridgehead atoms. The van der Waals surface area contributed by atoms with Crippen LogP contribution in [0.15, 0.2) is 42.5 Å². The van der Waals surface area contributed by atoms with Gasteiger partial charge in [0.05, 0.1) is 6.54 Å². The Hall–Kier alpha value is -1.81. The molecule has 18 heavy (non-hydrogen) atoms. The molecule has 2 heterocycles. The molecule has 0 radical (unpaired) electrons. The molecule has 1 atom stereocenters. The maximum Gasteiger partial charge on any atom is 0.323 e. The normalized spacial score (nSPS) is 24.3. The van der Waals surface area contributed by atoms with Crippen LogP contribution in [-0.2, 0) is 0 Å². The Labute approximate surface area is 107 Å². The van der Waals surface area contributed by atoms with Gasteiger partial charge in [-0.1, -0.05) is 30.4 Å². The van der Waals surface area contributed by atoms with Crippen LogP contribution in [0.5, 0.6) is 0 Å². The van der Waals surface area contributed by atoms with E-state index in [2.05, 4.69) is 22.4 Å². The molecule has 1 unspecified atom stereocenters. The first-order chi connectivity index (χ1) is 8.86. The molecule has 4 heteroatoms. The van der Waals surface area contributed by atoms with Crippen LogP contribution in [0.3, 0.4) is 0 Å². The second-order valence-corrected chi connectivity index (χ2v) is 4.63. The number of benzene rings is 1. The first-order valence-corrected chi connectivity index (χ1v) is 6.37. The van der Waals surface area contributed by atoms with E-state index < -0.39 is 0 Å². The van der Waals surface area contributed by atoms with Crippen molar-refractivity contribution < 1.29 is 4.79 Å². The monoisotopic (exact) mass is 243 g/mol. The van der Waals surface area contributed by atoms with E-state index in [4.69, 9.17) is 0 Å². The lowest BCUT2D eigenvalue weighted by Crippen LogP contribution is -2.48. The molecule has 1 aromatic rings. The molecule has 1 aromatic carbocycles. The number of carbonyl (C=O) groups is 1. The van der Waals surface area contributed by atoms with E-state index in [9.17, 15) is 4.79 Å². The third-order valence-electron chi connectivity index (χ3n) is 3.50. The van der Waals surface area contributed by atoms with Crippen molar-refractivity contribution in [2.45, 2.75) is 12.6 Å². The zero-order chi connectivity index (χ0) is 12.4. The summed E-state index contributed by atoms with van der Waals surface area (Å²) in [6.45, 7) is 2.63. The number of hydrogen-bond donors (Lipinski definition) is 1. The number of urea groups is 1. The maximum atomic E-state index is 12.0. The summed E-state index contributed by atoms with van der Waals surface area (Å²) in [4.78, 5) is 16.2. The van der Waals surface area contributed by atoms with Crippen LogP contribution in [0.2, 0.25) is 0 Å². The molecule has 1 saturated heterocycles. The Morgan fingerprint density at radius 3 is 2.72 bits per heavy atom. The van der Waals surface area contributed by atoms with Crippen molar-refractivity contribution in [2.24, 2.45) is 0 Å². The Morgan fingerprint density at radius 2 is 2.00 bits per heavy atom. The standard InChI is InChI=1S/C14H17N3O/c18-14-15-11-13(16-9-5-2-6-10-16)17(14)12-7-3-1-4-8-12/h1-5,7-8,13H,6,9-11H2,(H,15,18). The minimum absolute atomic E-state index is 0.000697. The van der Waals surface area contributed by atoms with Gasteiger partial charge < -0.3 is 5.32 Å². The zero-order valence-corrected chi connectivity index (χ0v) is 10.2. The van der Waals surface area contributed by atoms with Crippen LogP contribution in [0.1, 0.15) is 6.42 Å². The lowest BCUT2D eigenvalue weighted by molar-refractivity contribution is 0.224. The van der Waals surface area contributed by atoms with E-state index in [-0.39, 0.29) is 12.2 Å². The summed E-state index contributed by atoms with van der Waals surface area (Å²) in [6.07, 6.45) is 5.57. The molecule has 0 aromatic heterocycles. The number of amides is 2. The molecule has 2 amide bonds. The average molecular weight is 243 g/mol. The van der Waals surface area contributed by atoms with Crippen molar-refractivity contribution in [2.75, 3.05) is 24.5 Å². The van der Waals surface area contributed by atoms with Crippen molar-refractivity contribution in [1.29, 1.82) is 0 Å². The molecular formula is C14H17N3O. The largest absolute Gasteiger partial charge is 0.334 e. The van der Waals surface area contributed by atoms with E-state index in [0.29, 0.717) is 6.54 Å². The molecule has 2 aliphatic heterocycles. The SMILES string of the molecule is O=C1NCC(N2CC=CCC2)N1c1ccccc1. The predicted molar refractivity (Wildman–Crippen MR) is 71.4 cm³/mol. The molecule has 4 nitrogen and oxygen atoms in total. The molecule has 3 rings (SSSR count). The van der Waals surface area contributed by atoms with Crippen LogP contribution in [0.4, 0.5) is 10.5 Å². The summed E-state index contributed by atoms with van der Waals surface area (Å²) in [7, 11) is 0. The molecule has 0 saturated carbocycles. The Kier molecular flexibility index (Phi) is 3.02. The van der Waals surface area contributed by atoms with E-state index in [1.54, 1.807) is 0 Å². The van der Waals surface area contributed by atoms with Crippen molar-refractivity contribution in [1.82, 2.24) is 10.2 Å². The van der Waals surface area contributed by atoms with Gasteiger partial charge in [-0.05, 0) is 18.6 Å². The molecule has 0 spiro atoms. The Balaban J connectivity index is 1.85. The van der Waals surface area contributed by atoms with Gasteiger partial charge in [-0.15, -0.1) is 0 Å². The molecule has 1 fully saturated rings. The Bertz CT molecular complexity index is 457. The summed E-state index contributed by atoms with van der Waals surface area (Å²) < 4.78 is 0. The average Bonchev–Trinajstić information content (AvgIpc) is 2.83. The second kappa shape index (κ2) is 4.82. The first-order valence-electron chi connectivity index (χ1n) is 6.37. The highest BCUT2D eigenvalue weighted by atomic mass is 16.2. The van der Waals surface area contributed by atoms with Gasteiger partial charge in [0.2, 0.25) is 0 Å². The lowest BCUT2D eigenvalue weighted by Gasteiger charge is -2.34. The molecule has 94 valence electrons. The van der Waals surface area contributed by atoms with Crippen LogP contribution < -0.4 is 10.2 Å². The van der Waals surface area contributed by atoms with Crippen LogP contribution in [0.25, 0.3) is 0 Å². The molecular weight excluding hydrogens is 226 g/mol. The van der Waals surface area contributed by atoms with Gasteiger partial charge in [0, 0.05) is 18.8 Å². The van der Waals surface area contributed by atoms with Gasteiger partial charge in [-0.2, -0.15) is 0 Å². The maximum absolute atomic E-state index is 12.0. The Morgan fingerprint density at radius 1 is 1.17 bits per heavy atom. The summed E-state index contributed by atoms with van der Waals surface area (Å²) in [6, 6.07) is 9.87. The van der Waals surface area contributed by atoms with Crippen molar-refractivity contribution in [3.05, 3.63) is 42.5 Å². The minimum atomic E-state index is 0.000697. The van der Waals surface area contributed by atoms with E-state index in [1.165, 1.54) is 0 Å². The number of carbonyl (C=O) groups excluding carboxylic acids is 1. The van der Waals surface area contributed by atoms with Crippen LogP contribution in [0, 0.1) is 0 Å². The van der Waals surface area contributed by atoms with Gasteiger partial charge in [-0.3, -0.25) is 9.80 Å². The van der Waals surface area contributed by atoms with Gasteiger partial charge in [0.15, 0.2) is 0 Å². The summed E-state index contributed by atoms with van der Waals surface area (Å²) in [5.74, 6) is 0. The van der Waals surface area contributed by atoms with Gasteiger partial charge in [0.25, 0.3) is 0 Å². The van der Waals surface area contributed by atoms with Crippen LogP contribution in [-0.4, -0.2) is 36.7 Å². The number of nitrogens with zero attached hydrogens (tertiary/aromatic N) is 2.